The van der Waals surface area contributed by atoms with Gasteiger partial charge in [0, 0.05) is 18.8 Å². The molecule has 1 aromatic rings. The lowest BCUT2D eigenvalue weighted by Crippen LogP contribution is -2.22. The Morgan fingerprint density at radius 3 is 2.71 bits per heavy atom. The van der Waals surface area contributed by atoms with Crippen LogP contribution in [0, 0.1) is 5.92 Å². The summed E-state index contributed by atoms with van der Waals surface area (Å²) in [6, 6.07) is 4.75. The molecule has 0 bridgehead atoms. The van der Waals surface area contributed by atoms with Crippen LogP contribution >= 0.6 is 23.5 Å². The van der Waals surface area contributed by atoms with E-state index in [1.807, 2.05) is 0 Å². The summed E-state index contributed by atoms with van der Waals surface area (Å²) in [7, 11) is 0. The number of ketones is 1. The Kier molecular flexibility index (Phi) is 9.92. The number of alkyl halides is 3. The van der Waals surface area contributed by atoms with Crippen LogP contribution in [0.4, 0.5) is 13.2 Å². The minimum Gasteiger partial charge on any atom is -0.481 e. The van der Waals surface area contributed by atoms with Crippen molar-refractivity contribution >= 4 is 35.3 Å². The molecule has 1 unspecified atom stereocenters. The highest BCUT2D eigenvalue weighted by atomic mass is 32.2. The van der Waals surface area contributed by atoms with Crippen LogP contribution in [0.3, 0.4) is 0 Å². The van der Waals surface area contributed by atoms with Crippen molar-refractivity contribution in [1.82, 2.24) is 0 Å². The SMILES string of the molecule is O=C(O)CSCCCS[C@H]1C(=O)C[C@@H](O)[C@@H]1/C=C/C(O)Cc1cccc(C(F)(F)F)c1. The average Bonchev–Trinajstić information content (AvgIpc) is 2.94. The van der Waals surface area contributed by atoms with Gasteiger partial charge in [0.2, 0.25) is 0 Å². The van der Waals surface area contributed by atoms with Crippen LogP contribution in [0.15, 0.2) is 36.4 Å². The summed E-state index contributed by atoms with van der Waals surface area (Å²) in [6.45, 7) is 0. The highest BCUT2D eigenvalue weighted by Gasteiger charge is 2.40. The van der Waals surface area contributed by atoms with Gasteiger partial charge in [0.1, 0.15) is 5.78 Å². The van der Waals surface area contributed by atoms with Gasteiger partial charge in [0.25, 0.3) is 0 Å². The highest BCUT2D eigenvalue weighted by Crippen LogP contribution is 2.35. The van der Waals surface area contributed by atoms with Gasteiger partial charge in [0.05, 0.1) is 28.8 Å². The van der Waals surface area contributed by atoms with E-state index in [9.17, 15) is 33.0 Å². The quantitative estimate of drug-likeness (QED) is 0.331. The van der Waals surface area contributed by atoms with E-state index >= 15 is 0 Å². The van der Waals surface area contributed by atoms with Crippen LogP contribution in [0.5, 0.6) is 0 Å². The smallest absolute Gasteiger partial charge is 0.416 e. The molecule has 172 valence electrons. The molecule has 1 saturated carbocycles. The number of carboxylic acids is 1. The van der Waals surface area contributed by atoms with Gasteiger partial charge in [-0.15, -0.1) is 11.8 Å². The number of carbonyl (C=O) groups is 2. The fraction of sp³-hybridized carbons (Fsp3) is 0.524. The first-order valence-electron chi connectivity index (χ1n) is 9.72. The topological polar surface area (TPSA) is 94.8 Å². The molecule has 0 saturated heterocycles. The monoisotopic (exact) mass is 478 g/mol. The van der Waals surface area contributed by atoms with E-state index in [-0.39, 0.29) is 24.4 Å². The molecule has 10 heteroatoms. The van der Waals surface area contributed by atoms with Crippen LogP contribution in [-0.4, -0.2) is 61.8 Å². The predicted octanol–water partition coefficient (Wildman–Crippen LogP) is 3.42. The van der Waals surface area contributed by atoms with Crippen molar-refractivity contribution in [1.29, 1.82) is 0 Å². The van der Waals surface area contributed by atoms with E-state index < -0.39 is 41.1 Å². The number of hydrogen-bond donors (Lipinski definition) is 3. The maximum atomic E-state index is 12.8. The van der Waals surface area contributed by atoms with Gasteiger partial charge in [-0.3, -0.25) is 9.59 Å². The van der Waals surface area contributed by atoms with E-state index in [0.717, 1.165) is 18.6 Å². The number of aliphatic hydroxyl groups excluding tert-OH is 2. The Bertz CT molecular complexity index is 785. The molecule has 0 spiro atoms. The molecular weight excluding hydrogens is 453 g/mol. The van der Waals surface area contributed by atoms with E-state index in [4.69, 9.17) is 5.11 Å². The molecule has 31 heavy (non-hydrogen) atoms. The highest BCUT2D eigenvalue weighted by molar-refractivity contribution is 8.01. The van der Waals surface area contributed by atoms with Crippen LogP contribution in [0.1, 0.15) is 24.0 Å². The summed E-state index contributed by atoms with van der Waals surface area (Å²) >= 11 is 2.69. The second-order valence-electron chi connectivity index (χ2n) is 7.26. The Hall–Kier alpha value is -1.49. The standard InChI is InChI=1S/C21H25F3O5S2/c22-21(23,24)14-4-1-3-13(9-14)10-15(25)5-6-16-17(26)11-18(27)20(16)31-8-2-7-30-12-19(28)29/h1,3-6,9,15-17,20,25-26H,2,7-8,10-12H2,(H,28,29)/b6-5+/t15?,16-,17+,20+/m0/s1. The Morgan fingerprint density at radius 2 is 2.03 bits per heavy atom. The first-order valence-corrected chi connectivity index (χ1v) is 11.9. The summed E-state index contributed by atoms with van der Waals surface area (Å²) in [5, 5.41) is 28.6. The lowest BCUT2D eigenvalue weighted by molar-refractivity contribution is -0.137. The van der Waals surface area contributed by atoms with Crippen molar-refractivity contribution in [2.45, 2.75) is 42.9 Å². The van der Waals surface area contributed by atoms with Crippen LogP contribution in [-0.2, 0) is 22.2 Å². The third kappa shape index (κ3) is 8.51. The Balaban J connectivity index is 1.89. The molecule has 0 aliphatic heterocycles. The number of benzene rings is 1. The molecular formula is C21H25F3O5S2. The number of aliphatic carboxylic acids is 1. The zero-order chi connectivity index (χ0) is 23.0. The van der Waals surface area contributed by atoms with Crippen molar-refractivity contribution in [3.63, 3.8) is 0 Å². The fourth-order valence-electron chi connectivity index (χ4n) is 3.28. The molecule has 5 nitrogen and oxygen atoms in total. The van der Waals surface area contributed by atoms with E-state index in [2.05, 4.69) is 0 Å². The number of aliphatic hydroxyl groups is 2. The third-order valence-corrected chi connectivity index (χ3v) is 7.22. The van der Waals surface area contributed by atoms with Gasteiger partial charge < -0.3 is 15.3 Å². The Morgan fingerprint density at radius 1 is 1.29 bits per heavy atom. The molecule has 1 aromatic carbocycles. The number of Topliss-reactive ketones (excluding diaryl/α,β-unsaturated/α-hetero) is 1. The summed E-state index contributed by atoms with van der Waals surface area (Å²) in [6.07, 6.45) is -2.67. The zero-order valence-electron chi connectivity index (χ0n) is 16.6. The summed E-state index contributed by atoms with van der Waals surface area (Å²) in [5.41, 5.74) is -0.448. The molecule has 3 N–H and O–H groups in total. The maximum Gasteiger partial charge on any atom is 0.416 e. The van der Waals surface area contributed by atoms with Crippen molar-refractivity contribution in [3.05, 3.63) is 47.5 Å². The minimum atomic E-state index is -4.46. The summed E-state index contributed by atoms with van der Waals surface area (Å²) in [4.78, 5) is 22.7. The largest absolute Gasteiger partial charge is 0.481 e. The zero-order valence-corrected chi connectivity index (χ0v) is 18.3. The van der Waals surface area contributed by atoms with Gasteiger partial charge >= 0.3 is 12.1 Å². The number of carboxylic acid groups (broad SMARTS) is 1. The number of rotatable bonds is 11. The molecule has 1 aliphatic carbocycles. The Labute approximate surface area is 187 Å². The first-order chi connectivity index (χ1) is 14.6. The molecule has 0 radical (unpaired) electrons. The maximum absolute atomic E-state index is 12.8. The van der Waals surface area contributed by atoms with Gasteiger partial charge in [-0.1, -0.05) is 30.4 Å². The lowest BCUT2D eigenvalue weighted by Gasteiger charge is -2.18. The number of thioether (sulfide) groups is 2. The summed E-state index contributed by atoms with van der Waals surface area (Å²) < 4.78 is 38.5. The molecule has 2 rings (SSSR count). The normalized spacial score (nSPS) is 22.9. The fourth-order valence-corrected chi connectivity index (χ4v) is 5.47. The van der Waals surface area contributed by atoms with Crippen LogP contribution < -0.4 is 0 Å². The van der Waals surface area contributed by atoms with Crippen molar-refractivity contribution in [2.75, 3.05) is 17.3 Å². The number of carbonyl (C=O) groups excluding carboxylic acids is 1. The second-order valence-corrected chi connectivity index (χ2v) is 9.62. The van der Waals surface area contributed by atoms with Gasteiger partial charge in [-0.2, -0.15) is 24.9 Å². The first kappa shape index (κ1) is 25.8. The van der Waals surface area contributed by atoms with Crippen molar-refractivity contribution < 1.29 is 38.1 Å². The number of hydrogen-bond acceptors (Lipinski definition) is 6. The molecule has 1 fully saturated rings. The van der Waals surface area contributed by atoms with Gasteiger partial charge in [-0.25, -0.2) is 0 Å². The van der Waals surface area contributed by atoms with E-state index in [1.165, 1.54) is 41.7 Å². The van der Waals surface area contributed by atoms with Crippen LogP contribution in [0.25, 0.3) is 0 Å². The number of halogens is 3. The molecule has 4 atom stereocenters. The summed E-state index contributed by atoms with van der Waals surface area (Å²) in [5.74, 6) is -0.133. The van der Waals surface area contributed by atoms with Crippen LogP contribution in [0.2, 0.25) is 0 Å². The third-order valence-electron chi connectivity index (χ3n) is 4.73. The molecule has 0 aromatic heterocycles. The molecule has 1 aliphatic rings. The van der Waals surface area contributed by atoms with Crippen molar-refractivity contribution in [2.24, 2.45) is 5.92 Å². The predicted molar refractivity (Wildman–Crippen MR) is 115 cm³/mol. The molecule has 0 heterocycles. The minimum absolute atomic E-state index is 0.0180. The lowest BCUT2D eigenvalue weighted by atomic mass is 10.0. The van der Waals surface area contributed by atoms with Crippen molar-refractivity contribution in [3.8, 4) is 0 Å². The van der Waals surface area contributed by atoms with Gasteiger partial charge in [-0.05, 0) is 29.6 Å². The average molecular weight is 479 g/mol. The second kappa shape index (κ2) is 11.9. The van der Waals surface area contributed by atoms with E-state index in [0.29, 0.717) is 17.1 Å². The molecule has 0 amide bonds. The van der Waals surface area contributed by atoms with Gasteiger partial charge in [0.15, 0.2) is 0 Å². The van der Waals surface area contributed by atoms with E-state index in [1.54, 1.807) is 6.08 Å².